The molecule has 0 fully saturated rings. The fourth-order valence-corrected chi connectivity index (χ4v) is 4.89. The summed E-state index contributed by atoms with van der Waals surface area (Å²) in [6, 6.07) is 9.83. The molecular weight excluding hydrogens is 390 g/mol. The Balaban J connectivity index is 1.72. The van der Waals surface area contributed by atoms with Crippen LogP contribution in [-0.2, 0) is 10.0 Å². The number of nitrogens with one attached hydrogen (secondary N) is 2. The highest BCUT2D eigenvalue weighted by Gasteiger charge is 2.18. The van der Waals surface area contributed by atoms with Crippen molar-refractivity contribution in [3.8, 4) is 0 Å². The van der Waals surface area contributed by atoms with Crippen molar-refractivity contribution < 1.29 is 13.2 Å². The van der Waals surface area contributed by atoms with Crippen LogP contribution >= 0.6 is 34.3 Å². The molecule has 0 aliphatic heterocycles. The van der Waals surface area contributed by atoms with Gasteiger partial charge in [0, 0.05) is 16.1 Å². The maximum atomic E-state index is 12.1. The third-order valence-corrected chi connectivity index (χ3v) is 6.66. The third kappa shape index (κ3) is 3.93. The van der Waals surface area contributed by atoms with E-state index in [2.05, 4.69) is 15.0 Å². The van der Waals surface area contributed by atoms with E-state index >= 15 is 0 Å². The van der Waals surface area contributed by atoms with Crippen LogP contribution in [0.4, 0.5) is 10.8 Å². The average Bonchev–Trinajstić information content (AvgIpc) is 3.18. The molecule has 10 heteroatoms. The van der Waals surface area contributed by atoms with Gasteiger partial charge in [0.2, 0.25) is 0 Å². The van der Waals surface area contributed by atoms with Crippen LogP contribution in [0.1, 0.15) is 10.5 Å². The molecule has 6 nitrogen and oxygen atoms in total. The second kappa shape index (κ2) is 6.89. The highest BCUT2D eigenvalue weighted by atomic mass is 35.5. The zero-order chi connectivity index (χ0) is 17.2. The zero-order valence-corrected chi connectivity index (χ0v) is 15.1. The van der Waals surface area contributed by atoms with Crippen LogP contribution in [0.3, 0.4) is 0 Å². The third-order valence-electron chi connectivity index (χ3n) is 2.80. The van der Waals surface area contributed by atoms with E-state index in [4.69, 9.17) is 11.6 Å². The molecule has 3 aromatic rings. The number of halogens is 1. The number of nitrogens with zero attached hydrogens (tertiary/aromatic N) is 1. The number of sulfonamides is 1. The molecule has 0 saturated carbocycles. The van der Waals surface area contributed by atoms with E-state index in [0.717, 1.165) is 22.7 Å². The van der Waals surface area contributed by atoms with Crippen molar-refractivity contribution in [1.82, 2.24) is 4.98 Å². The summed E-state index contributed by atoms with van der Waals surface area (Å²) in [5.74, 6) is -0.449. The van der Waals surface area contributed by atoms with E-state index in [0.29, 0.717) is 10.7 Å². The van der Waals surface area contributed by atoms with E-state index in [-0.39, 0.29) is 15.0 Å². The smallest absolute Gasteiger partial charge is 0.275 e. The molecule has 124 valence electrons. The molecule has 2 heterocycles. The lowest BCUT2D eigenvalue weighted by Crippen LogP contribution is -2.14. The Morgan fingerprint density at radius 3 is 2.71 bits per heavy atom. The first-order chi connectivity index (χ1) is 11.4. The van der Waals surface area contributed by atoms with Crippen LogP contribution in [0.2, 0.25) is 5.02 Å². The van der Waals surface area contributed by atoms with Gasteiger partial charge in [-0.15, -0.1) is 22.7 Å². The standard InChI is InChI=1S/C14H10ClN3O3S3/c15-9-3-1-4-10(7-9)16-13(19)11-8-23-14(17-11)18-24(20,21)12-5-2-6-22-12/h1-8H,(H,16,19)(H,17,18). The number of carbonyl (C=O) groups excluding carboxylic acids is 1. The lowest BCUT2D eigenvalue weighted by atomic mass is 10.3. The van der Waals surface area contributed by atoms with Crippen molar-refractivity contribution in [3.05, 3.63) is 57.9 Å². The monoisotopic (exact) mass is 399 g/mol. The Kier molecular flexibility index (Phi) is 4.86. The lowest BCUT2D eigenvalue weighted by molar-refractivity contribution is 0.102. The van der Waals surface area contributed by atoms with E-state index in [1.807, 2.05) is 0 Å². The van der Waals surface area contributed by atoms with Crippen LogP contribution in [0.5, 0.6) is 0 Å². The summed E-state index contributed by atoms with van der Waals surface area (Å²) in [7, 11) is -3.68. The molecule has 0 bridgehead atoms. The number of aromatic nitrogens is 1. The number of hydrogen-bond acceptors (Lipinski definition) is 6. The molecule has 0 spiro atoms. The van der Waals surface area contributed by atoms with Crippen molar-refractivity contribution >= 4 is 61.0 Å². The first-order valence-corrected chi connectivity index (χ1v) is 10.1. The van der Waals surface area contributed by atoms with Crippen molar-refractivity contribution in [2.45, 2.75) is 4.21 Å². The minimum Gasteiger partial charge on any atom is -0.321 e. The Bertz CT molecular complexity index is 968. The summed E-state index contributed by atoms with van der Waals surface area (Å²) in [5, 5.41) is 6.41. The molecule has 2 aromatic heterocycles. The summed E-state index contributed by atoms with van der Waals surface area (Å²) in [4.78, 5) is 16.2. The fraction of sp³-hybridized carbons (Fsp3) is 0. The van der Waals surface area contributed by atoms with Gasteiger partial charge in [0.1, 0.15) is 9.90 Å². The summed E-state index contributed by atoms with van der Waals surface area (Å²) >= 11 is 7.99. The van der Waals surface area contributed by atoms with Gasteiger partial charge in [0.15, 0.2) is 5.13 Å². The molecule has 3 rings (SSSR count). The topological polar surface area (TPSA) is 88.2 Å². The molecule has 24 heavy (non-hydrogen) atoms. The fourth-order valence-electron chi connectivity index (χ4n) is 1.77. The first kappa shape index (κ1) is 16.9. The predicted octanol–water partition coefficient (Wildman–Crippen LogP) is 3.91. The molecule has 0 aliphatic carbocycles. The number of carbonyl (C=O) groups is 1. The highest BCUT2D eigenvalue weighted by Crippen LogP contribution is 2.23. The number of hydrogen-bond donors (Lipinski definition) is 2. The second-order valence-electron chi connectivity index (χ2n) is 4.54. The van der Waals surface area contributed by atoms with Gasteiger partial charge in [-0.2, -0.15) is 0 Å². The van der Waals surface area contributed by atoms with Crippen molar-refractivity contribution in [2.24, 2.45) is 0 Å². The minimum atomic E-state index is -3.68. The molecule has 0 atom stereocenters. The minimum absolute atomic E-state index is 0.115. The largest absolute Gasteiger partial charge is 0.321 e. The van der Waals surface area contributed by atoms with Gasteiger partial charge in [0.05, 0.1) is 0 Å². The lowest BCUT2D eigenvalue weighted by Gasteiger charge is -2.03. The van der Waals surface area contributed by atoms with Gasteiger partial charge in [-0.1, -0.05) is 23.7 Å². The summed E-state index contributed by atoms with van der Waals surface area (Å²) in [6.45, 7) is 0. The molecule has 0 aliphatic rings. The van der Waals surface area contributed by atoms with E-state index in [1.54, 1.807) is 35.7 Å². The van der Waals surface area contributed by atoms with Gasteiger partial charge in [0.25, 0.3) is 15.9 Å². The van der Waals surface area contributed by atoms with Crippen molar-refractivity contribution in [1.29, 1.82) is 0 Å². The normalized spacial score (nSPS) is 11.2. The van der Waals surface area contributed by atoms with Gasteiger partial charge < -0.3 is 5.32 Å². The van der Waals surface area contributed by atoms with Gasteiger partial charge in [-0.3, -0.25) is 9.52 Å². The van der Waals surface area contributed by atoms with E-state index in [1.165, 1.54) is 11.4 Å². The number of thiazole rings is 1. The predicted molar refractivity (Wildman–Crippen MR) is 96.6 cm³/mol. The quantitative estimate of drug-likeness (QED) is 0.680. The number of thiophene rings is 1. The van der Waals surface area contributed by atoms with Crippen LogP contribution in [0, 0.1) is 0 Å². The Labute approximate surface area is 151 Å². The SMILES string of the molecule is O=C(Nc1cccc(Cl)c1)c1csc(NS(=O)(=O)c2cccs2)n1. The molecule has 0 unspecified atom stereocenters. The molecule has 0 saturated heterocycles. The average molecular weight is 400 g/mol. The Morgan fingerprint density at radius 1 is 1.17 bits per heavy atom. The maximum absolute atomic E-state index is 12.1. The summed E-state index contributed by atoms with van der Waals surface area (Å²) < 4.78 is 26.8. The van der Waals surface area contributed by atoms with Crippen LogP contribution in [-0.4, -0.2) is 19.3 Å². The van der Waals surface area contributed by atoms with Gasteiger partial charge in [-0.25, -0.2) is 13.4 Å². The van der Waals surface area contributed by atoms with Crippen molar-refractivity contribution in [3.63, 3.8) is 0 Å². The van der Waals surface area contributed by atoms with Crippen LogP contribution < -0.4 is 10.0 Å². The second-order valence-corrected chi connectivity index (χ2v) is 8.69. The number of amides is 1. The van der Waals surface area contributed by atoms with Gasteiger partial charge in [-0.05, 0) is 29.6 Å². The highest BCUT2D eigenvalue weighted by molar-refractivity contribution is 7.94. The Morgan fingerprint density at radius 2 is 2.00 bits per heavy atom. The summed E-state index contributed by atoms with van der Waals surface area (Å²) in [5.41, 5.74) is 0.644. The molecule has 1 amide bonds. The molecular formula is C14H10ClN3O3S3. The number of benzene rings is 1. The van der Waals surface area contributed by atoms with E-state index < -0.39 is 15.9 Å². The zero-order valence-electron chi connectivity index (χ0n) is 11.9. The number of rotatable bonds is 5. The molecule has 0 radical (unpaired) electrons. The van der Waals surface area contributed by atoms with Crippen LogP contribution in [0.15, 0.2) is 51.4 Å². The van der Waals surface area contributed by atoms with Gasteiger partial charge >= 0.3 is 0 Å². The summed E-state index contributed by atoms with van der Waals surface area (Å²) in [6.07, 6.45) is 0. The maximum Gasteiger partial charge on any atom is 0.275 e. The first-order valence-electron chi connectivity index (χ1n) is 6.53. The van der Waals surface area contributed by atoms with Crippen LogP contribution in [0.25, 0.3) is 0 Å². The molecule has 2 N–H and O–H groups in total. The van der Waals surface area contributed by atoms with E-state index in [9.17, 15) is 13.2 Å². The number of anilines is 2. The van der Waals surface area contributed by atoms with Crippen molar-refractivity contribution in [2.75, 3.05) is 10.0 Å². The molecule has 1 aromatic carbocycles. The Hall–Kier alpha value is -1.94.